The van der Waals surface area contributed by atoms with Crippen molar-refractivity contribution in [3.63, 3.8) is 0 Å². The number of allylic oxidation sites excluding steroid dienone is 1. The third kappa shape index (κ3) is 10.0. The van der Waals surface area contributed by atoms with Crippen molar-refractivity contribution in [2.45, 2.75) is 126 Å². The number of aliphatic hydroxyl groups is 1. The number of aliphatic hydroxyl groups excluding tert-OH is 1. The van der Waals surface area contributed by atoms with Crippen molar-refractivity contribution in [2.75, 3.05) is 26.4 Å². The Balaban J connectivity index is 1.25. The van der Waals surface area contributed by atoms with E-state index in [4.69, 9.17) is 28.4 Å². The number of nitrogens with zero attached hydrogens (tertiary/aromatic N) is 1. The molecule has 45 heavy (non-hydrogen) atoms. The van der Waals surface area contributed by atoms with Crippen molar-refractivity contribution >= 4 is 31.5 Å². The zero-order chi connectivity index (χ0) is 32.7. The van der Waals surface area contributed by atoms with Crippen molar-refractivity contribution in [1.82, 2.24) is 4.90 Å². The fourth-order valence-electron chi connectivity index (χ4n) is 5.91. The quantitative estimate of drug-likeness (QED) is 0.130. The molecule has 1 N–H and O–H groups in total. The van der Waals surface area contributed by atoms with E-state index in [1.54, 1.807) is 4.90 Å². The van der Waals surface area contributed by atoms with Crippen LogP contribution in [0.1, 0.15) is 80.1 Å². The first-order chi connectivity index (χ1) is 21.3. The molecule has 10 nitrogen and oxygen atoms in total. The molecule has 0 spiro atoms. The Hall–Kier alpha value is -1.98. The zero-order valence-electron chi connectivity index (χ0n) is 27.6. The van der Waals surface area contributed by atoms with Crippen molar-refractivity contribution < 1.29 is 43.1 Å². The third-order valence-electron chi connectivity index (χ3n) is 8.06. The molecule has 2 bridgehead atoms. The molecule has 0 aliphatic carbocycles. The Labute approximate surface area is 274 Å². The van der Waals surface area contributed by atoms with Crippen LogP contribution < -0.4 is 4.46 Å². The van der Waals surface area contributed by atoms with Crippen LogP contribution in [0.25, 0.3) is 0 Å². The van der Waals surface area contributed by atoms with E-state index in [0.717, 1.165) is 19.3 Å². The van der Waals surface area contributed by atoms with Gasteiger partial charge in [0.05, 0.1) is 19.3 Å². The van der Waals surface area contributed by atoms with Crippen molar-refractivity contribution in [1.29, 1.82) is 0 Å². The Morgan fingerprint density at radius 3 is 2.67 bits per heavy atom. The first-order valence-corrected chi connectivity index (χ1v) is 18.0. The summed E-state index contributed by atoms with van der Waals surface area (Å²) in [5.41, 5.74) is -1.40. The second-order valence-corrected chi connectivity index (χ2v) is 16.0. The third-order valence-corrected chi connectivity index (χ3v) is 10.7. The Morgan fingerprint density at radius 1 is 1.20 bits per heavy atom. The van der Waals surface area contributed by atoms with Crippen molar-refractivity contribution in [2.24, 2.45) is 0 Å². The molecule has 1 aromatic carbocycles. The van der Waals surface area contributed by atoms with E-state index < -0.39 is 35.4 Å². The minimum absolute atomic E-state index is 0.00424. The van der Waals surface area contributed by atoms with Gasteiger partial charge >= 0.3 is 190 Å². The summed E-state index contributed by atoms with van der Waals surface area (Å²) in [5.74, 6) is -0.941. The number of hydrogen-bond acceptors (Lipinski definition) is 9. The van der Waals surface area contributed by atoms with E-state index in [0.29, 0.717) is 45.7 Å². The maximum atomic E-state index is 12.9. The van der Waals surface area contributed by atoms with Crippen LogP contribution >= 0.6 is 0 Å². The number of rotatable bonds is 14. The summed E-state index contributed by atoms with van der Waals surface area (Å²) in [6, 6.07) is 9.84. The van der Waals surface area contributed by atoms with E-state index in [9.17, 15) is 14.7 Å². The van der Waals surface area contributed by atoms with Crippen LogP contribution in [0, 0.1) is 0 Å². The first kappa shape index (κ1) is 35.9. The van der Waals surface area contributed by atoms with Crippen LogP contribution in [-0.4, -0.2) is 105 Å². The summed E-state index contributed by atoms with van der Waals surface area (Å²) in [6.07, 6.45) is 6.29. The number of carbonyl (C=O) groups excluding carboxylic acids is 2. The molecule has 3 aliphatic heterocycles. The van der Waals surface area contributed by atoms with Gasteiger partial charge in [-0.3, -0.25) is 4.90 Å². The van der Waals surface area contributed by atoms with Gasteiger partial charge < -0.3 is 9.47 Å². The zero-order valence-corrected chi connectivity index (χ0v) is 29.3. The molecular formula is C34H51NO9Se. The number of fused-ring (bicyclic) bond motifs is 2. The molecule has 252 valence electrons. The van der Waals surface area contributed by atoms with E-state index >= 15 is 0 Å². The first-order valence-electron chi connectivity index (χ1n) is 16.2. The van der Waals surface area contributed by atoms with Gasteiger partial charge in [0.2, 0.25) is 0 Å². The fourth-order valence-corrected chi connectivity index (χ4v) is 8.20. The number of ether oxygens (including phenoxy) is 6. The summed E-state index contributed by atoms with van der Waals surface area (Å²) >= 11 is 0.00424. The van der Waals surface area contributed by atoms with Crippen LogP contribution in [0.3, 0.4) is 0 Å². The number of carbonyl (C=O) groups is 2. The standard InChI is InChI=1S/C34H51NO9Se/c1-7-40-30(37)28(45-25-14-10-8-11-15-25)17-13-9-12-16-27-29-26(36)18-19-34(42-27,43-29)20-21-39-22-24-23-41-33(5,6)35(24)31(38)44-32(2,3)4/h8,10-12,14-16,24,26-29,36H,7,9,13,17-23H2,1-6H3/b16-12+/t24-,26+,27+,28?,29+,34+/m0/s1. The molecule has 3 aliphatic rings. The molecular weight excluding hydrogens is 645 g/mol. The number of unbranched alkanes of at least 4 members (excludes halogenated alkanes) is 1. The fraction of sp³-hybridized carbons (Fsp3) is 0.706. The van der Waals surface area contributed by atoms with Crippen molar-refractivity contribution in [3.8, 4) is 0 Å². The number of benzene rings is 1. The molecule has 0 aromatic heterocycles. The van der Waals surface area contributed by atoms with Gasteiger partial charge in [-0.1, -0.05) is 0 Å². The minimum atomic E-state index is -0.817. The molecule has 11 heteroatoms. The van der Waals surface area contributed by atoms with Crippen molar-refractivity contribution in [3.05, 3.63) is 42.5 Å². The topological polar surface area (TPSA) is 113 Å². The number of hydrogen-bond donors (Lipinski definition) is 1. The van der Waals surface area contributed by atoms with Gasteiger partial charge in [0.1, 0.15) is 11.3 Å². The average molecular weight is 697 g/mol. The molecule has 6 atom stereocenters. The molecule has 3 saturated heterocycles. The SMILES string of the molecule is CCOC(=O)C(CCC/C=C/[C@H]1O[C@]2(CCOC[C@H]3COC(C)(C)N3C(=O)OC(C)(C)C)CC[C@@H](O)[C@H]1O2)[Se]c1ccccc1. The molecule has 1 unspecified atom stereocenters. The predicted molar refractivity (Wildman–Crippen MR) is 170 cm³/mol. The number of amides is 1. The molecule has 1 amide bonds. The van der Waals surface area contributed by atoms with Gasteiger partial charge in [0, 0.05) is 0 Å². The summed E-state index contributed by atoms with van der Waals surface area (Å²) in [7, 11) is 0. The summed E-state index contributed by atoms with van der Waals surface area (Å²) < 4.78 is 36.8. The maximum absolute atomic E-state index is 12.9. The average Bonchev–Trinajstić information content (AvgIpc) is 3.45. The molecule has 4 rings (SSSR count). The van der Waals surface area contributed by atoms with E-state index in [1.165, 1.54) is 4.46 Å². The molecule has 0 radical (unpaired) electrons. The second-order valence-electron chi connectivity index (χ2n) is 13.3. The molecule has 3 heterocycles. The van der Waals surface area contributed by atoms with E-state index in [1.807, 2.05) is 65.8 Å². The molecule has 0 saturated carbocycles. The summed E-state index contributed by atoms with van der Waals surface area (Å²) in [6.45, 7) is 12.5. The Morgan fingerprint density at radius 2 is 1.96 bits per heavy atom. The van der Waals surface area contributed by atoms with Gasteiger partial charge in [-0.25, -0.2) is 4.79 Å². The molecule has 3 fully saturated rings. The van der Waals surface area contributed by atoms with Gasteiger partial charge in [-0.15, -0.1) is 0 Å². The van der Waals surface area contributed by atoms with Crippen LogP contribution in [0.5, 0.6) is 0 Å². The van der Waals surface area contributed by atoms with E-state index in [2.05, 4.69) is 18.2 Å². The number of esters is 1. The van der Waals surface area contributed by atoms with Gasteiger partial charge in [-0.05, 0) is 34.6 Å². The Kier molecular flexibility index (Phi) is 12.5. The van der Waals surface area contributed by atoms with Crippen LogP contribution in [0.2, 0.25) is 4.82 Å². The Bertz CT molecular complexity index is 1140. The van der Waals surface area contributed by atoms with E-state index in [-0.39, 0.29) is 37.9 Å². The predicted octanol–water partition coefficient (Wildman–Crippen LogP) is 4.51. The molecule has 1 aromatic rings. The second kappa shape index (κ2) is 15.7. The van der Waals surface area contributed by atoms with Gasteiger partial charge in [-0.2, -0.15) is 0 Å². The van der Waals surface area contributed by atoms with Crippen LogP contribution in [0.15, 0.2) is 42.5 Å². The normalized spacial score (nSPS) is 28.4. The van der Waals surface area contributed by atoms with Crippen LogP contribution in [-0.2, 0) is 33.2 Å². The van der Waals surface area contributed by atoms with Crippen LogP contribution in [0.4, 0.5) is 4.79 Å². The monoisotopic (exact) mass is 697 g/mol. The van der Waals surface area contributed by atoms with Gasteiger partial charge in [0.25, 0.3) is 0 Å². The summed E-state index contributed by atoms with van der Waals surface area (Å²) in [5, 5.41) is 10.7. The summed E-state index contributed by atoms with van der Waals surface area (Å²) in [4.78, 5) is 27.0. The van der Waals surface area contributed by atoms with Gasteiger partial charge in [0.15, 0.2) is 0 Å².